The molecule has 0 aliphatic heterocycles. The predicted molar refractivity (Wildman–Crippen MR) is 31.3 cm³/mol. The molecule has 0 saturated heterocycles. The van der Waals surface area contributed by atoms with Crippen LogP contribution < -0.4 is 0 Å². The SMILES string of the molecule is CC[B]CCC. The molecule has 35 valence electrons. The Morgan fingerprint density at radius 3 is 2.17 bits per heavy atom. The van der Waals surface area contributed by atoms with Crippen LogP contribution in [0, 0.1) is 0 Å². The first-order valence-corrected chi connectivity index (χ1v) is 2.73. The number of rotatable bonds is 3. The molecule has 0 N–H and O–H groups in total. The van der Waals surface area contributed by atoms with Gasteiger partial charge in [0.1, 0.15) is 7.28 Å². The van der Waals surface area contributed by atoms with Gasteiger partial charge in [-0.1, -0.05) is 32.9 Å². The summed E-state index contributed by atoms with van der Waals surface area (Å²) in [6.45, 7) is 4.38. The maximum Gasteiger partial charge on any atom is 0.109 e. The van der Waals surface area contributed by atoms with Crippen molar-refractivity contribution < 1.29 is 0 Å². The monoisotopic (exact) mass is 83.1 g/mol. The van der Waals surface area contributed by atoms with E-state index in [4.69, 9.17) is 0 Å². The van der Waals surface area contributed by atoms with Gasteiger partial charge in [-0.3, -0.25) is 0 Å². The highest BCUT2D eigenvalue weighted by atomic mass is 13.6. The van der Waals surface area contributed by atoms with Crippen LogP contribution in [0.1, 0.15) is 20.3 Å². The van der Waals surface area contributed by atoms with E-state index < -0.39 is 0 Å². The molecule has 0 aromatic carbocycles. The molecule has 0 aliphatic rings. The van der Waals surface area contributed by atoms with Crippen LogP contribution in [-0.4, -0.2) is 7.28 Å². The molecule has 0 atom stereocenters. The van der Waals surface area contributed by atoms with Crippen LogP contribution in [0.25, 0.3) is 0 Å². The van der Waals surface area contributed by atoms with Gasteiger partial charge in [0.25, 0.3) is 0 Å². The van der Waals surface area contributed by atoms with Crippen LogP contribution in [0.15, 0.2) is 0 Å². The quantitative estimate of drug-likeness (QED) is 0.361. The van der Waals surface area contributed by atoms with E-state index >= 15 is 0 Å². The van der Waals surface area contributed by atoms with Gasteiger partial charge in [-0.25, -0.2) is 0 Å². The smallest absolute Gasteiger partial charge is 0.0831 e. The Balaban J connectivity index is 2.34. The Morgan fingerprint density at radius 1 is 1.33 bits per heavy atom. The van der Waals surface area contributed by atoms with Gasteiger partial charge in [-0.15, -0.1) is 0 Å². The van der Waals surface area contributed by atoms with E-state index in [-0.39, 0.29) is 0 Å². The molecule has 0 heterocycles. The van der Waals surface area contributed by atoms with E-state index in [1.807, 2.05) is 0 Å². The summed E-state index contributed by atoms with van der Waals surface area (Å²) in [5.74, 6) is 0. The molecule has 0 aromatic rings. The standard InChI is InChI=1S/C5H12B/c1-3-5-6-4-2/h3-5H2,1-2H3. The van der Waals surface area contributed by atoms with Gasteiger partial charge in [0.2, 0.25) is 0 Å². The van der Waals surface area contributed by atoms with E-state index in [9.17, 15) is 0 Å². The number of hydrogen-bond donors (Lipinski definition) is 0. The van der Waals surface area contributed by atoms with E-state index in [2.05, 4.69) is 21.1 Å². The molecule has 0 nitrogen and oxygen atoms in total. The molecular weight excluding hydrogens is 70.9 g/mol. The first-order valence-electron chi connectivity index (χ1n) is 2.73. The zero-order valence-electron chi connectivity index (χ0n) is 4.70. The van der Waals surface area contributed by atoms with Crippen LogP contribution >= 0.6 is 0 Å². The molecule has 0 saturated carbocycles. The van der Waals surface area contributed by atoms with Gasteiger partial charge < -0.3 is 0 Å². The summed E-state index contributed by atoms with van der Waals surface area (Å²) < 4.78 is 0. The molecule has 0 amide bonds. The molecule has 0 bridgehead atoms. The predicted octanol–water partition coefficient (Wildman–Crippen LogP) is 1.96. The van der Waals surface area contributed by atoms with Crippen LogP contribution in [0.4, 0.5) is 0 Å². The second kappa shape index (κ2) is 5.06. The summed E-state index contributed by atoms with van der Waals surface area (Å²) in [7, 11) is 2.31. The van der Waals surface area contributed by atoms with Gasteiger partial charge in [0.15, 0.2) is 0 Å². The minimum Gasteiger partial charge on any atom is -0.0831 e. The van der Waals surface area contributed by atoms with Crippen molar-refractivity contribution in [2.75, 3.05) is 0 Å². The lowest BCUT2D eigenvalue weighted by Gasteiger charge is -1.83. The van der Waals surface area contributed by atoms with Gasteiger partial charge in [-0.05, 0) is 0 Å². The Labute approximate surface area is 41.2 Å². The van der Waals surface area contributed by atoms with Gasteiger partial charge in [0, 0.05) is 0 Å². The first kappa shape index (κ1) is 6.06. The fourth-order valence-corrected chi connectivity index (χ4v) is 0.408. The summed E-state index contributed by atoms with van der Waals surface area (Å²) in [6.07, 6.45) is 3.82. The lowest BCUT2D eigenvalue weighted by atomic mass is 9.71. The van der Waals surface area contributed by atoms with Crippen LogP contribution in [0.2, 0.25) is 12.6 Å². The molecule has 0 aromatic heterocycles. The van der Waals surface area contributed by atoms with Gasteiger partial charge in [0.05, 0.1) is 0 Å². The molecule has 1 heteroatoms. The number of hydrogen-bond acceptors (Lipinski definition) is 0. The third kappa shape index (κ3) is 4.06. The highest BCUT2D eigenvalue weighted by molar-refractivity contribution is 6.35. The van der Waals surface area contributed by atoms with Crippen molar-refractivity contribution in [2.24, 2.45) is 0 Å². The topological polar surface area (TPSA) is 0 Å². The fraction of sp³-hybridized carbons (Fsp3) is 1.00. The maximum absolute atomic E-state index is 2.31. The van der Waals surface area contributed by atoms with Crippen molar-refractivity contribution in [3.05, 3.63) is 0 Å². The summed E-state index contributed by atoms with van der Waals surface area (Å²) in [6, 6.07) is 0. The highest BCUT2D eigenvalue weighted by Gasteiger charge is 1.78. The lowest BCUT2D eigenvalue weighted by Crippen LogP contribution is -1.80. The second-order valence-corrected chi connectivity index (χ2v) is 1.49. The zero-order chi connectivity index (χ0) is 4.83. The third-order valence-electron chi connectivity index (χ3n) is 0.781. The average Bonchev–Trinajstić information content (AvgIpc) is 1.61. The Bertz CT molecular complexity index is 15.9. The highest BCUT2D eigenvalue weighted by Crippen LogP contribution is 1.86. The van der Waals surface area contributed by atoms with Crippen molar-refractivity contribution in [2.45, 2.75) is 32.9 Å². The van der Waals surface area contributed by atoms with Gasteiger partial charge in [-0.2, -0.15) is 0 Å². The van der Waals surface area contributed by atoms with Crippen molar-refractivity contribution in [1.82, 2.24) is 0 Å². The Kier molecular flexibility index (Phi) is 5.12. The molecule has 0 rings (SSSR count). The first-order chi connectivity index (χ1) is 2.91. The van der Waals surface area contributed by atoms with Crippen LogP contribution in [0.5, 0.6) is 0 Å². The second-order valence-electron chi connectivity index (χ2n) is 1.49. The molecule has 6 heavy (non-hydrogen) atoms. The van der Waals surface area contributed by atoms with Crippen molar-refractivity contribution >= 4 is 7.28 Å². The molecule has 0 unspecified atom stereocenters. The summed E-state index contributed by atoms with van der Waals surface area (Å²) >= 11 is 0. The minimum atomic E-state index is 1.23. The summed E-state index contributed by atoms with van der Waals surface area (Å²) in [5.41, 5.74) is 0. The molecule has 0 fully saturated rings. The normalized spacial score (nSPS) is 8.33. The summed E-state index contributed by atoms with van der Waals surface area (Å²) in [5, 5.41) is 0. The summed E-state index contributed by atoms with van der Waals surface area (Å²) in [4.78, 5) is 0. The zero-order valence-corrected chi connectivity index (χ0v) is 4.70. The minimum absolute atomic E-state index is 1.23. The van der Waals surface area contributed by atoms with E-state index in [1.54, 1.807) is 0 Å². The van der Waals surface area contributed by atoms with Crippen LogP contribution in [-0.2, 0) is 0 Å². The van der Waals surface area contributed by atoms with Crippen molar-refractivity contribution in [1.29, 1.82) is 0 Å². The molecule has 1 radical (unpaired) electrons. The maximum atomic E-state index is 2.31. The Hall–Kier alpha value is 0.0649. The molecule has 0 spiro atoms. The largest absolute Gasteiger partial charge is 0.109 e. The van der Waals surface area contributed by atoms with E-state index in [1.165, 1.54) is 19.1 Å². The van der Waals surface area contributed by atoms with E-state index in [0.717, 1.165) is 0 Å². The average molecular weight is 83.0 g/mol. The molecule has 0 aliphatic carbocycles. The van der Waals surface area contributed by atoms with E-state index in [0.29, 0.717) is 0 Å². The molecular formula is C5H12B. The Morgan fingerprint density at radius 2 is 2.00 bits per heavy atom. The lowest BCUT2D eigenvalue weighted by molar-refractivity contribution is 1.07. The fourth-order valence-electron chi connectivity index (χ4n) is 0.408. The van der Waals surface area contributed by atoms with Crippen LogP contribution in [0.3, 0.4) is 0 Å². The van der Waals surface area contributed by atoms with Crippen molar-refractivity contribution in [3.63, 3.8) is 0 Å². The van der Waals surface area contributed by atoms with Crippen molar-refractivity contribution in [3.8, 4) is 0 Å². The third-order valence-corrected chi connectivity index (χ3v) is 0.781. The van der Waals surface area contributed by atoms with Gasteiger partial charge >= 0.3 is 0 Å².